The Hall–Kier alpha value is -1.13. The Morgan fingerprint density at radius 1 is 1.39 bits per heavy atom. The van der Waals surface area contributed by atoms with Gasteiger partial charge >= 0.3 is 0 Å². The molecule has 0 heterocycles. The SMILES string of the molecule is COc1ccc([C@H](O)C[C@@H](N)C(C)(C)C)c(F)c1. The molecule has 0 aliphatic carbocycles. The average Bonchev–Trinajstić information content (AvgIpc) is 2.27. The van der Waals surface area contributed by atoms with Crippen molar-refractivity contribution in [2.45, 2.75) is 39.3 Å². The van der Waals surface area contributed by atoms with E-state index >= 15 is 0 Å². The fourth-order valence-corrected chi connectivity index (χ4v) is 1.63. The highest BCUT2D eigenvalue weighted by atomic mass is 19.1. The minimum absolute atomic E-state index is 0.121. The summed E-state index contributed by atoms with van der Waals surface area (Å²) in [5, 5.41) is 10.0. The Labute approximate surface area is 108 Å². The van der Waals surface area contributed by atoms with Gasteiger partial charge in [-0.05, 0) is 24.0 Å². The summed E-state index contributed by atoms with van der Waals surface area (Å²) in [6, 6.07) is 4.23. The number of hydrogen-bond acceptors (Lipinski definition) is 3. The monoisotopic (exact) mass is 255 g/mol. The van der Waals surface area contributed by atoms with Crippen LogP contribution >= 0.6 is 0 Å². The van der Waals surface area contributed by atoms with Gasteiger partial charge in [-0.1, -0.05) is 20.8 Å². The quantitative estimate of drug-likeness (QED) is 0.869. The average molecular weight is 255 g/mol. The molecule has 2 atom stereocenters. The minimum Gasteiger partial charge on any atom is -0.497 e. The molecule has 0 aromatic heterocycles. The van der Waals surface area contributed by atoms with Crippen LogP contribution in [-0.4, -0.2) is 18.3 Å². The Balaban J connectivity index is 2.81. The molecule has 1 aromatic rings. The van der Waals surface area contributed by atoms with Gasteiger partial charge in [0.05, 0.1) is 13.2 Å². The first kappa shape index (κ1) is 14.9. The Bertz CT molecular complexity index is 401. The molecule has 4 heteroatoms. The van der Waals surface area contributed by atoms with E-state index in [0.29, 0.717) is 12.2 Å². The summed E-state index contributed by atoms with van der Waals surface area (Å²) in [7, 11) is 1.47. The van der Waals surface area contributed by atoms with Gasteiger partial charge in [-0.15, -0.1) is 0 Å². The van der Waals surface area contributed by atoms with Gasteiger partial charge in [-0.2, -0.15) is 0 Å². The number of benzene rings is 1. The van der Waals surface area contributed by atoms with E-state index in [4.69, 9.17) is 10.5 Å². The number of aliphatic hydroxyl groups is 1. The van der Waals surface area contributed by atoms with Crippen LogP contribution in [0, 0.1) is 11.2 Å². The van der Waals surface area contributed by atoms with E-state index in [0.717, 1.165) is 0 Å². The fourth-order valence-electron chi connectivity index (χ4n) is 1.63. The van der Waals surface area contributed by atoms with Crippen molar-refractivity contribution < 1.29 is 14.2 Å². The lowest BCUT2D eigenvalue weighted by Gasteiger charge is -2.29. The third-order valence-corrected chi connectivity index (χ3v) is 3.16. The second kappa shape index (κ2) is 5.67. The van der Waals surface area contributed by atoms with Crippen molar-refractivity contribution in [2.24, 2.45) is 11.1 Å². The van der Waals surface area contributed by atoms with Crippen LogP contribution in [0.3, 0.4) is 0 Å². The number of ether oxygens (including phenoxy) is 1. The summed E-state index contributed by atoms with van der Waals surface area (Å²) in [4.78, 5) is 0. The highest BCUT2D eigenvalue weighted by Crippen LogP contribution is 2.29. The van der Waals surface area contributed by atoms with Crippen molar-refractivity contribution in [2.75, 3.05) is 7.11 Å². The van der Waals surface area contributed by atoms with Crippen molar-refractivity contribution in [3.63, 3.8) is 0 Å². The Kier molecular flexibility index (Phi) is 4.71. The lowest BCUT2D eigenvalue weighted by molar-refractivity contribution is 0.130. The van der Waals surface area contributed by atoms with E-state index < -0.39 is 11.9 Å². The van der Waals surface area contributed by atoms with E-state index in [9.17, 15) is 9.50 Å². The number of halogens is 1. The van der Waals surface area contributed by atoms with Crippen molar-refractivity contribution >= 4 is 0 Å². The summed E-state index contributed by atoms with van der Waals surface area (Å²) < 4.78 is 18.7. The van der Waals surface area contributed by atoms with Crippen molar-refractivity contribution in [3.8, 4) is 5.75 Å². The van der Waals surface area contributed by atoms with Crippen LogP contribution in [-0.2, 0) is 0 Å². The molecule has 0 radical (unpaired) electrons. The number of nitrogens with two attached hydrogens (primary N) is 1. The lowest BCUT2D eigenvalue weighted by atomic mass is 9.83. The number of methoxy groups -OCH3 is 1. The third-order valence-electron chi connectivity index (χ3n) is 3.16. The van der Waals surface area contributed by atoms with Crippen LogP contribution in [0.5, 0.6) is 5.75 Å². The predicted octanol–water partition coefficient (Wildman–Crippen LogP) is 2.63. The van der Waals surface area contributed by atoms with E-state index in [1.54, 1.807) is 6.07 Å². The summed E-state index contributed by atoms with van der Waals surface area (Å²) in [6.45, 7) is 5.98. The van der Waals surface area contributed by atoms with Crippen LogP contribution in [0.4, 0.5) is 4.39 Å². The van der Waals surface area contributed by atoms with Gasteiger partial charge < -0.3 is 15.6 Å². The molecule has 0 spiro atoms. The standard InChI is InChI=1S/C14H22FNO2/c1-14(2,3)13(16)8-12(17)10-6-5-9(18-4)7-11(10)15/h5-7,12-13,17H,8,16H2,1-4H3/t12-,13-/m1/s1. The molecule has 0 saturated carbocycles. The molecule has 1 rings (SSSR count). The molecule has 0 aliphatic heterocycles. The molecule has 0 bridgehead atoms. The van der Waals surface area contributed by atoms with Gasteiger partial charge in [-0.25, -0.2) is 4.39 Å². The van der Waals surface area contributed by atoms with Gasteiger partial charge in [0.1, 0.15) is 11.6 Å². The molecule has 102 valence electrons. The normalized spacial score (nSPS) is 15.3. The second-order valence-electron chi connectivity index (χ2n) is 5.61. The van der Waals surface area contributed by atoms with Gasteiger partial charge in [0.2, 0.25) is 0 Å². The van der Waals surface area contributed by atoms with E-state index in [2.05, 4.69) is 0 Å². The van der Waals surface area contributed by atoms with Gasteiger partial charge in [-0.3, -0.25) is 0 Å². The number of aliphatic hydroxyl groups excluding tert-OH is 1. The summed E-state index contributed by atoms with van der Waals surface area (Å²) in [6.07, 6.45) is -0.572. The maximum Gasteiger partial charge on any atom is 0.132 e. The molecule has 3 N–H and O–H groups in total. The predicted molar refractivity (Wildman–Crippen MR) is 70.0 cm³/mol. The lowest BCUT2D eigenvalue weighted by Crippen LogP contribution is -2.36. The van der Waals surface area contributed by atoms with Crippen LogP contribution in [0.15, 0.2) is 18.2 Å². The Morgan fingerprint density at radius 2 is 2.00 bits per heavy atom. The molecule has 0 amide bonds. The molecule has 0 aliphatic rings. The number of rotatable bonds is 4. The van der Waals surface area contributed by atoms with Gasteiger partial charge in [0, 0.05) is 17.7 Å². The van der Waals surface area contributed by atoms with Crippen LogP contribution < -0.4 is 10.5 Å². The molecular formula is C14H22FNO2. The van der Waals surface area contributed by atoms with Crippen LogP contribution in [0.1, 0.15) is 38.9 Å². The summed E-state index contributed by atoms with van der Waals surface area (Å²) in [5.41, 5.74) is 6.13. The maximum atomic E-state index is 13.8. The zero-order valence-corrected chi connectivity index (χ0v) is 11.4. The van der Waals surface area contributed by atoms with E-state index in [1.807, 2.05) is 20.8 Å². The zero-order valence-electron chi connectivity index (χ0n) is 11.4. The third kappa shape index (κ3) is 3.68. The van der Waals surface area contributed by atoms with Crippen LogP contribution in [0.25, 0.3) is 0 Å². The largest absolute Gasteiger partial charge is 0.497 e. The highest BCUT2D eigenvalue weighted by Gasteiger charge is 2.25. The van der Waals surface area contributed by atoms with Gasteiger partial charge in [0.25, 0.3) is 0 Å². The molecule has 0 saturated heterocycles. The first-order chi connectivity index (χ1) is 8.25. The van der Waals surface area contributed by atoms with E-state index in [-0.39, 0.29) is 17.0 Å². The highest BCUT2D eigenvalue weighted by molar-refractivity contribution is 5.30. The smallest absolute Gasteiger partial charge is 0.132 e. The first-order valence-electron chi connectivity index (χ1n) is 6.02. The molecule has 1 aromatic carbocycles. The minimum atomic E-state index is -0.898. The zero-order chi connectivity index (χ0) is 13.9. The second-order valence-corrected chi connectivity index (χ2v) is 5.61. The molecule has 0 unspecified atom stereocenters. The van der Waals surface area contributed by atoms with Crippen molar-refractivity contribution in [1.82, 2.24) is 0 Å². The van der Waals surface area contributed by atoms with Crippen LogP contribution in [0.2, 0.25) is 0 Å². The van der Waals surface area contributed by atoms with Crippen molar-refractivity contribution in [3.05, 3.63) is 29.6 Å². The number of hydrogen-bond donors (Lipinski definition) is 2. The Morgan fingerprint density at radius 3 is 2.44 bits per heavy atom. The topological polar surface area (TPSA) is 55.5 Å². The molecule has 3 nitrogen and oxygen atoms in total. The first-order valence-corrected chi connectivity index (χ1v) is 6.02. The molecule has 18 heavy (non-hydrogen) atoms. The fraction of sp³-hybridized carbons (Fsp3) is 0.571. The van der Waals surface area contributed by atoms with E-state index in [1.165, 1.54) is 19.2 Å². The van der Waals surface area contributed by atoms with Gasteiger partial charge in [0.15, 0.2) is 0 Å². The molecule has 0 fully saturated rings. The maximum absolute atomic E-state index is 13.8. The summed E-state index contributed by atoms with van der Waals surface area (Å²) in [5.74, 6) is -0.0356. The summed E-state index contributed by atoms with van der Waals surface area (Å²) >= 11 is 0. The molecular weight excluding hydrogens is 233 g/mol. The van der Waals surface area contributed by atoms with Crippen molar-refractivity contribution in [1.29, 1.82) is 0 Å².